The molecule has 0 spiro atoms. The Labute approximate surface area is 174 Å². The van der Waals surface area contributed by atoms with Crippen LogP contribution in [0.3, 0.4) is 0 Å². The van der Waals surface area contributed by atoms with Crippen LogP contribution in [0, 0.1) is 0 Å². The van der Waals surface area contributed by atoms with Gasteiger partial charge in [0.2, 0.25) is 0 Å². The van der Waals surface area contributed by atoms with Crippen LogP contribution in [0.2, 0.25) is 0 Å². The van der Waals surface area contributed by atoms with E-state index in [1.54, 1.807) is 0 Å². The molecule has 24 heavy (non-hydrogen) atoms. The van der Waals surface area contributed by atoms with Gasteiger partial charge in [-0.2, -0.15) is 0 Å². The third-order valence-corrected chi connectivity index (χ3v) is 2.22. The molecule has 0 heterocycles. The average Bonchev–Trinajstić information content (AvgIpc) is 2.43. The van der Waals surface area contributed by atoms with Crippen LogP contribution in [0.5, 0.6) is 0 Å². The quantitative estimate of drug-likeness (QED) is 0.179. The van der Waals surface area contributed by atoms with E-state index in [0.29, 0.717) is 0 Å². The molecule has 0 saturated heterocycles. The minimum atomic E-state index is -2.20. The van der Waals surface area contributed by atoms with Gasteiger partial charge in [0.25, 0.3) is 0 Å². The molecular formula is C10H23Mg2NO11. The van der Waals surface area contributed by atoms with E-state index >= 15 is 0 Å². The van der Waals surface area contributed by atoms with Crippen LogP contribution in [-0.4, -0.2) is 142 Å². The first-order valence-corrected chi connectivity index (χ1v) is 5.71. The van der Waals surface area contributed by atoms with Crippen molar-refractivity contribution in [2.24, 2.45) is 5.73 Å². The molecule has 14 heteroatoms. The second-order valence-electron chi connectivity index (χ2n) is 4.06. The fourth-order valence-corrected chi connectivity index (χ4v) is 0.944. The molecule has 0 rings (SSSR count). The number of aliphatic hydroxyl groups excluding tert-OH is 5. The molecule has 0 fully saturated rings. The molecule has 10 N–H and O–H groups in total. The third-order valence-electron chi connectivity index (χ3n) is 2.22. The van der Waals surface area contributed by atoms with Crippen LogP contribution in [0.1, 0.15) is 12.1 Å². The van der Waals surface area contributed by atoms with Crippen molar-refractivity contribution in [1.29, 1.82) is 0 Å². The van der Waals surface area contributed by atoms with Crippen molar-refractivity contribution in [2.75, 3.05) is 6.61 Å². The van der Waals surface area contributed by atoms with Crippen LogP contribution in [0.15, 0.2) is 0 Å². The van der Waals surface area contributed by atoms with E-state index in [0.717, 1.165) is 0 Å². The number of carboxylic acids is 3. The van der Waals surface area contributed by atoms with E-state index in [4.69, 9.17) is 46.6 Å². The number of hydrogen-bond acceptors (Lipinski definition) is 9. The Balaban J connectivity index is -0.0000000407. The van der Waals surface area contributed by atoms with Crippen molar-refractivity contribution in [3.05, 3.63) is 0 Å². The first kappa shape index (κ1) is 31.5. The largest absolute Gasteiger partial charge is 2.00 e. The van der Waals surface area contributed by atoms with Gasteiger partial charge in [0.1, 0.15) is 24.4 Å². The van der Waals surface area contributed by atoms with Crippen LogP contribution in [0.4, 0.5) is 0 Å². The fourth-order valence-electron chi connectivity index (χ4n) is 0.944. The fraction of sp³-hybridized carbons (Fsp3) is 0.700. The summed E-state index contributed by atoms with van der Waals surface area (Å²) in [6.07, 6.45) is -8.37. The summed E-state index contributed by atoms with van der Waals surface area (Å²) in [5.41, 5.74) is 4.84. The van der Waals surface area contributed by atoms with Crippen molar-refractivity contribution in [2.45, 2.75) is 36.9 Å². The Morgan fingerprint density at radius 1 is 0.875 bits per heavy atom. The van der Waals surface area contributed by atoms with Crippen LogP contribution in [-0.2, 0) is 14.4 Å². The van der Waals surface area contributed by atoms with Crippen LogP contribution >= 0.6 is 0 Å². The van der Waals surface area contributed by atoms with Gasteiger partial charge in [0.05, 0.1) is 13.0 Å². The zero-order chi connectivity index (χ0) is 18.0. The van der Waals surface area contributed by atoms with E-state index in [9.17, 15) is 14.4 Å². The average molecular weight is 382 g/mol. The summed E-state index contributed by atoms with van der Waals surface area (Å²) in [4.78, 5) is 29.7. The second-order valence-corrected chi connectivity index (χ2v) is 4.06. The molecule has 0 bridgehead atoms. The van der Waals surface area contributed by atoms with Gasteiger partial charge in [-0.05, 0) is 0 Å². The van der Waals surface area contributed by atoms with Gasteiger partial charge < -0.3 is 52.3 Å². The summed E-state index contributed by atoms with van der Waals surface area (Å²) in [6, 6.07) is -1.29. The Hall–Kier alpha value is -0.298. The predicted octanol–water partition coefficient (Wildman–Crippen LogP) is -4.93. The summed E-state index contributed by atoms with van der Waals surface area (Å²) in [5, 5.41) is 67.8. The zero-order valence-corrected chi connectivity index (χ0v) is 15.4. The molecule has 0 saturated carbocycles. The third kappa shape index (κ3) is 14.1. The van der Waals surface area contributed by atoms with E-state index in [1.807, 2.05) is 0 Å². The molecule has 0 radical (unpaired) electrons. The Bertz CT molecular complexity index is 400. The van der Waals surface area contributed by atoms with Crippen molar-refractivity contribution >= 4 is 64.0 Å². The molecule has 5 atom stereocenters. The molecule has 0 amide bonds. The van der Waals surface area contributed by atoms with Crippen molar-refractivity contribution in [3.8, 4) is 0 Å². The van der Waals surface area contributed by atoms with Gasteiger partial charge in [0, 0.05) is 0 Å². The van der Waals surface area contributed by atoms with E-state index in [-0.39, 0.29) is 51.8 Å². The van der Waals surface area contributed by atoms with E-state index in [2.05, 4.69) is 0 Å². The van der Waals surface area contributed by atoms with Crippen molar-refractivity contribution in [3.63, 3.8) is 0 Å². The standard InChI is InChI=1S/C6H12O7.C4H7NO4.2Mg.4H/c7-1-2(8)3(9)4(10)5(11)6(12)13;5-2(4(8)9)1-3(6)7;;;;;;/h2-5,7-11H,1H2,(H,12,13);2H,1,5H2,(H,6,7)(H,8,9);;;;;;/q;;2*+2;4*-1. The summed E-state index contributed by atoms with van der Waals surface area (Å²) in [6.45, 7) is -0.843. The minimum Gasteiger partial charge on any atom is -1.00 e. The van der Waals surface area contributed by atoms with Gasteiger partial charge in [-0.1, -0.05) is 0 Å². The number of aliphatic hydroxyl groups is 5. The van der Waals surface area contributed by atoms with Crippen molar-refractivity contribution in [1.82, 2.24) is 0 Å². The normalized spacial score (nSPS) is 15.8. The monoisotopic (exact) mass is 381 g/mol. The summed E-state index contributed by atoms with van der Waals surface area (Å²) in [5.74, 6) is -4.22. The zero-order valence-electron chi connectivity index (χ0n) is 16.6. The second kappa shape index (κ2) is 16.2. The van der Waals surface area contributed by atoms with Crippen LogP contribution in [0.25, 0.3) is 0 Å². The maximum Gasteiger partial charge on any atom is 2.00 e. The van der Waals surface area contributed by atoms with Gasteiger partial charge in [-0.25, -0.2) is 4.79 Å². The van der Waals surface area contributed by atoms with E-state index in [1.165, 1.54) is 0 Å². The molecule has 5 unspecified atom stereocenters. The number of rotatable bonds is 8. The summed E-state index contributed by atoms with van der Waals surface area (Å²) in [7, 11) is 0. The Morgan fingerprint density at radius 3 is 1.50 bits per heavy atom. The molecule has 0 aliphatic carbocycles. The molecule has 138 valence electrons. The molecular weight excluding hydrogens is 359 g/mol. The van der Waals surface area contributed by atoms with Gasteiger partial charge in [-0.3, -0.25) is 9.59 Å². The Kier molecular flexibility index (Phi) is 21.2. The van der Waals surface area contributed by atoms with Crippen molar-refractivity contribution < 1.29 is 60.9 Å². The first-order valence-electron chi connectivity index (χ1n) is 5.71. The minimum absolute atomic E-state index is 0. The molecule has 0 aliphatic rings. The Morgan fingerprint density at radius 2 is 1.29 bits per heavy atom. The van der Waals surface area contributed by atoms with Gasteiger partial charge >= 0.3 is 64.0 Å². The molecule has 12 nitrogen and oxygen atoms in total. The number of aliphatic carboxylic acids is 3. The number of nitrogens with two attached hydrogens (primary N) is 1. The topological polar surface area (TPSA) is 239 Å². The smallest absolute Gasteiger partial charge is 1.00 e. The summed E-state index contributed by atoms with van der Waals surface area (Å²) < 4.78 is 0. The maximum atomic E-state index is 10.1. The van der Waals surface area contributed by atoms with E-state index < -0.39 is 61.4 Å². The molecule has 0 aliphatic heterocycles. The SMILES string of the molecule is NC(CC(=O)O)C(=O)O.O=C(O)C(O)C(O)C(O)C(O)CO.[H-].[H-].[H-].[H-].[Mg+2].[Mg+2]. The number of carbonyl (C=O) groups is 3. The molecule has 0 aromatic carbocycles. The maximum absolute atomic E-state index is 10.1. The molecule has 0 aromatic heterocycles. The predicted molar refractivity (Wildman–Crippen MR) is 82.6 cm³/mol. The van der Waals surface area contributed by atoms with Gasteiger partial charge in [0.15, 0.2) is 6.10 Å². The number of hydrogen-bond donors (Lipinski definition) is 9. The van der Waals surface area contributed by atoms with Gasteiger partial charge in [-0.15, -0.1) is 0 Å². The first-order chi connectivity index (χ1) is 9.95. The summed E-state index contributed by atoms with van der Waals surface area (Å²) >= 11 is 0. The molecule has 0 aromatic rings. The number of carboxylic acid groups (broad SMARTS) is 3. The van der Waals surface area contributed by atoms with Crippen LogP contribution < -0.4 is 5.73 Å².